The summed E-state index contributed by atoms with van der Waals surface area (Å²) in [5.74, 6) is 0.762. The van der Waals surface area contributed by atoms with Crippen LogP contribution in [-0.2, 0) is 0 Å². The maximum absolute atomic E-state index is 4.13. The highest BCUT2D eigenvalue weighted by molar-refractivity contribution is 5.44. The van der Waals surface area contributed by atoms with Crippen LogP contribution in [0.2, 0.25) is 0 Å². The van der Waals surface area contributed by atoms with Crippen molar-refractivity contribution in [3.63, 3.8) is 0 Å². The van der Waals surface area contributed by atoms with E-state index in [1.807, 2.05) is 12.3 Å². The van der Waals surface area contributed by atoms with Gasteiger partial charge >= 0.3 is 0 Å². The van der Waals surface area contributed by atoms with Gasteiger partial charge in [0.05, 0.1) is 0 Å². The molecule has 1 rings (SSSR count). The van der Waals surface area contributed by atoms with Crippen molar-refractivity contribution in [2.45, 2.75) is 39.0 Å². The SMILES string of the molecule is C=C/C(=C\n1ncnc1C=C)CCCCCC. The zero-order valence-corrected chi connectivity index (χ0v) is 10.6. The summed E-state index contributed by atoms with van der Waals surface area (Å²) < 4.78 is 1.74. The van der Waals surface area contributed by atoms with Crippen molar-refractivity contribution in [1.82, 2.24) is 14.8 Å². The van der Waals surface area contributed by atoms with Gasteiger partial charge in [0.1, 0.15) is 6.33 Å². The normalized spacial score (nSPS) is 11.5. The predicted octanol–water partition coefficient (Wildman–Crippen LogP) is 3.92. The molecule has 0 aliphatic carbocycles. The molecule has 0 aliphatic heterocycles. The molecule has 0 N–H and O–H groups in total. The molecule has 0 spiro atoms. The highest BCUT2D eigenvalue weighted by Crippen LogP contribution is 2.12. The second-order valence-electron chi connectivity index (χ2n) is 3.99. The highest BCUT2D eigenvalue weighted by Gasteiger charge is 1.99. The van der Waals surface area contributed by atoms with Gasteiger partial charge in [0.2, 0.25) is 0 Å². The Bertz CT molecular complexity index is 388. The molecule has 0 aromatic carbocycles. The summed E-state index contributed by atoms with van der Waals surface area (Å²) in [5.41, 5.74) is 1.19. The van der Waals surface area contributed by atoms with Crippen LogP contribution in [0.25, 0.3) is 12.3 Å². The van der Waals surface area contributed by atoms with Gasteiger partial charge in [0.25, 0.3) is 0 Å². The molecule has 1 aromatic heterocycles. The van der Waals surface area contributed by atoms with Crippen LogP contribution in [0.4, 0.5) is 0 Å². The van der Waals surface area contributed by atoms with Gasteiger partial charge in [-0.15, -0.1) is 0 Å². The van der Waals surface area contributed by atoms with E-state index in [1.165, 1.54) is 37.6 Å². The van der Waals surface area contributed by atoms with Crippen molar-refractivity contribution < 1.29 is 0 Å². The molecule has 1 aromatic rings. The third-order valence-electron chi connectivity index (χ3n) is 2.65. The van der Waals surface area contributed by atoms with Crippen LogP contribution >= 0.6 is 0 Å². The van der Waals surface area contributed by atoms with Gasteiger partial charge in [-0.25, -0.2) is 9.67 Å². The summed E-state index contributed by atoms with van der Waals surface area (Å²) in [6.07, 6.45) is 13.2. The van der Waals surface area contributed by atoms with Crippen molar-refractivity contribution in [2.24, 2.45) is 0 Å². The summed E-state index contributed by atoms with van der Waals surface area (Å²) in [6.45, 7) is 9.76. The molecule has 3 nitrogen and oxygen atoms in total. The lowest BCUT2D eigenvalue weighted by Gasteiger charge is -2.03. The van der Waals surface area contributed by atoms with Crippen LogP contribution in [0, 0.1) is 0 Å². The maximum atomic E-state index is 4.13. The minimum Gasteiger partial charge on any atom is -0.221 e. The monoisotopic (exact) mass is 231 g/mol. The molecular weight excluding hydrogens is 210 g/mol. The molecular formula is C14H21N3. The Labute approximate surface area is 104 Å². The summed E-state index contributed by atoms with van der Waals surface area (Å²) in [4.78, 5) is 4.09. The van der Waals surface area contributed by atoms with E-state index in [-0.39, 0.29) is 0 Å². The minimum atomic E-state index is 0.762. The van der Waals surface area contributed by atoms with Crippen LogP contribution in [-0.4, -0.2) is 14.8 Å². The van der Waals surface area contributed by atoms with Crippen LogP contribution in [0.3, 0.4) is 0 Å². The predicted molar refractivity (Wildman–Crippen MR) is 73.3 cm³/mol. The van der Waals surface area contributed by atoms with Gasteiger partial charge in [0, 0.05) is 6.20 Å². The van der Waals surface area contributed by atoms with E-state index in [0.717, 1.165) is 12.2 Å². The van der Waals surface area contributed by atoms with E-state index in [9.17, 15) is 0 Å². The quantitative estimate of drug-likeness (QED) is 0.501. The first kappa shape index (κ1) is 13.4. The number of unbranched alkanes of at least 4 members (excludes halogenated alkanes) is 3. The molecule has 0 atom stereocenters. The van der Waals surface area contributed by atoms with Crippen LogP contribution < -0.4 is 0 Å². The van der Waals surface area contributed by atoms with Crippen molar-refractivity contribution in [2.75, 3.05) is 0 Å². The molecule has 17 heavy (non-hydrogen) atoms. The van der Waals surface area contributed by atoms with E-state index in [4.69, 9.17) is 0 Å². The fourth-order valence-electron chi connectivity index (χ4n) is 1.64. The van der Waals surface area contributed by atoms with Crippen LogP contribution in [0.15, 0.2) is 31.1 Å². The Morgan fingerprint density at radius 1 is 1.35 bits per heavy atom. The summed E-state index contributed by atoms with van der Waals surface area (Å²) >= 11 is 0. The van der Waals surface area contributed by atoms with Gasteiger partial charge in [-0.3, -0.25) is 0 Å². The smallest absolute Gasteiger partial charge is 0.154 e. The third kappa shape index (κ3) is 4.39. The summed E-state index contributed by atoms with van der Waals surface area (Å²) in [6, 6.07) is 0. The molecule has 0 unspecified atom stereocenters. The first-order chi connectivity index (χ1) is 8.31. The second kappa shape index (κ2) is 7.60. The molecule has 3 heteroatoms. The van der Waals surface area contributed by atoms with Crippen LogP contribution in [0.1, 0.15) is 44.9 Å². The first-order valence-corrected chi connectivity index (χ1v) is 6.16. The lowest BCUT2D eigenvalue weighted by molar-refractivity contribution is 0.668. The lowest BCUT2D eigenvalue weighted by Crippen LogP contribution is -1.94. The largest absolute Gasteiger partial charge is 0.221 e. The average molecular weight is 231 g/mol. The topological polar surface area (TPSA) is 30.7 Å². The number of nitrogens with zero attached hydrogens (tertiary/aromatic N) is 3. The molecule has 0 fully saturated rings. The molecule has 0 saturated carbocycles. The average Bonchev–Trinajstić information content (AvgIpc) is 2.80. The highest BCUT2D eigenvalue weighted by atomic mass is 15.3. The van der Waals surface area contributed by atoms with E-state index >= 15 is 0 Å². The summed E-state index contributed by atoms with van der Waals surface area (Å²) in [7, 11) is 0. The fourth-order valence-corrected chi connectivity index (χ4v) is 1.64. The van der Waals surface area contributed by atoms with Crippen molar-refractivity contribution in [1.29, 1.82) is 0 Å². The van der Waals surface area contributed by atoms with E-state index in [1.54, 1.807) is 10.8 Å². The van der Waals surface area contributed by atoms with Gasteiger partial charge in [-0.1, -0.05) is 45.4 Å². The zero-order chi connectivity index (χ0) is 12.5. The fraction of sp³-hybridized carbons (Fsp3) is 0.429. The lowest BCUT2D eigenvalue weighted by atomic mass is 10.1. The number of aromatic nitrogens is 3. The van der Waals surface area contributed by atoms with Gasteiger partial charge in [0.15, 0.2) is 5.82 Å². The first-order valence-electron chi connectivity index (χ1n) is 6.16. The molecule has 0 aliphatic rings. The van der Waals surface area contributed by atoms with Crippen molar-refractivity contribution >= 4 is 12.3 Å². The minimum absolute atomic E-state index is 0.762. The molecule has 92 valence electrons. The Kier molecular flexibility index (Phi) is 6.00. The number of hydrogen-bond acceptors (Lipinski definition) is 2. The standard InChI is InChI=1S/C14H21N3/c1-4-7-8-9-10-13(5-2)11-17-14(6-3)15-12-16-17/h5-6,11-12H,2-4,7-10H2,1H3/b13-11+. The van der Waals surface area contributed by atoms with E-state index < -0.39 is 0 Å². The van der Waals surface area contributed by atoms with Crippen molar-refractivity contribution in [3.8, 4) is 0 Å². The molecule has 0 saturated heterocycles. The Morgan fingerprint density at radius 2 is 2.18 bits per heavy atom. The number of rotatable bonds is 8. The molecule has 0 amide bonds. The third-order valence-corrected chi connectivity index (χ3v) is 2.65. The molecule has 0 radical (unpaired) electrons. The Balaban J connectivity index is 2.60. The Hall–Kier alpha value is -1.64. The van der Waals surface area contributed by atoms with Gasteiger partial charge in [-0.05, 0) is 24.5 Å². The molecule has 0 bridgehead atoms. The second-order valence-corrected chi connectivity index (χ2v) is 3.99. The van der Waals surface area contributed by atoms with E-state index in [0.29, 0.717) is 0 Å². The number of allylic oxidation sites excluding steroid dienone is 2. The van der Waals surface area contributed by atoms with E-state index in [2.05, 4.69) is 30.2 Å². The van der Waals surface area contributed by atoms with Gasteiger partial charge in [-0.2, -0.15) is 5.10 Å². The Morgan fingerprint density at radius 3 is 2.82 bits per heavy atom. The summed E-state index contributed by atoms with van der Waals surface area (Å²) in [5, 5.41) is 4.13. The van der Waals surface area contributed by atoms with Gasteiger partial charge < -0.3 is 0 Å². The van der Waals surface area contributed by atoms with Crippen molar-refractivity contribution in [3.05, 3.63) is 37.0 Å². The van der Waals surface area contributed by atoms with Crippen LogP contribution in [0.5, 0.6) is 0 Å². The number of hydrogen-bond donors (Lipinski definition) is 0. The molecule has 1 heterocycles. The maximum Gasteiger partial charge on any atom is 0.154 e. The zero-order valence-electron chi connectivity index (χ0n) is 10.6.